The number of hydrogen-bond donors (Lipinski definition) is 2. The van der Waals surface area contributed by atoms with Crippen LogP contribution in [0.15, 0.2) is 47.4 Å². The molecule has 0 radical (unpaired) electrons. The first-order valence-corrected chi connectivity index (χ1v) is 9.48. The van der Waals surface area contributed by atoms with Crippen LogP contribution in [0.5, 0.6) is 5.75 Å². The van der Waals surface area contributed by atoms with Crippen LogP contribution in [0.3, 0.4) is 0 Å². The second kappa shape index (κ2) is 8.31. The Bertz CT molecular complexity index is 880. The summed E-state index contributed by atoms with van der Waals surface area (Å²) in [5, 5.41) is 7.78. The lowest BCUT2D eigenvalue weighted by Crippen LogP contribution is -2.30. The number of primary sulfonamides is 1. The lowest BCUT2D eigenvalue weighted by atomic mass is 10.1. The molecule has 1 amide bonds. The zero-order valence-electron chi connectivity index (χ0n) is 15.0. The van der Waals surface area contributed by atoms with Gasteiger partial charge < -0.3 is 10.1 Å². The molecule has 0 atom stereocenters. The first-order valence-electron chi connectivity index (χ1n) is 7.94. The van der Waals surface area contributed by atoms with Crippen molar-refractivity contribution in [3.8, 4) is 5.75 Å². The Kier molecular flexibility index (Phi) is 6.36. The van der Waals surface area contributed by atoms with Gasteiger partial charge in [-0.25, -0.2) is 13.6 Å². The van der Waals surface area contributed by atoms with E-state index in [1.54, 1.807) is 7.11 Å². The summed E-state index contributed by atoms with van der Waals surface area (Å²) >= 11 is 0. The van der Waals surface area contributed by atoms with Crippen LogP contribution in [0, 0.1) is 6.92 Å². The number of amides is 1. The van der Waals surface area contributed by atoms with Gasteiger partial charge in [0.25, 0.3) is 0 Å². The van der Waals surface area contributed by atoms with Crippen LogP contribution in [0.1, 0.15) is 11.1 Å². The van der Waals surface area contributed by atoms with E-state index >= 15 is 0 Å². The van der Waals surface area contributed by atoms with Gasteiger partial charge in [-0.3, -0.25) is 9.69 Å². The predicted octanol–water partition coefficient (Wildman–Crippen LogP) is 1.72. The number of nitrogens with zero attached hydrogens (tertiary/aromatic N) is 1. The molecule has 0 fully saturated rings. The van der Waals surface area contributed by atoms with Crippen LogP contribution in [-0.4, -0.2) is 39.9 Å². The second-order valence-electron chi connectivity index (χ2n) is 6.11. The van der Waals surface area contributed by atoms with Gasteiger partial charge >= 0.3 is 0 Å². The third kappa shape index (κ3) is 5.55. The van der Waals surface area contributed by atoms with Crippen molar-refractivity contribution in [1.29, 1.82) is 0 Å². The standard InChI is InChI=1S/C18H23N3O4S/c1-13-4-9-17(25-3)14(10-13)11-21(2)12-18(22)20-15-5-7-16(8-6-15)26(19,23)24/h4-10H,11-12H2,1-3H3,(H,20,22)(H2,19,23,24). The van der Waals surface area contributed by atoms with Crippen LogP contribution in [0.2, 0.25) is 0 Å². The Morgan fingerprint density at radius 3 is 2.42 bits per heavy atom. The van der Waals surface area contributed by atoms with E-state index in [0.717, 1.165) is 16.9 Å². The molecule has 0 aliphatic heterocycles. The van der Waals surface area contributed by atoms with Gasteiger partial charge in [-0.05, 0) is 44.3 Å². The molecule has 0 aromatic heterocycles. The molecule has 2 aromatic rings. The van der Waals surface area contributed by atoms with E-state index in [-0.39, 0.29) is 17.3 Å². The number of rotatable bonds is 7. The van der Waals surface area contributed by atoms with E-state index in [2.05, 4.69) is 5.32 Å². The monoisotopic (exact) mass is 377 g/mol. The molecule has 0 unspecified atom stereocenters. The summed E-state index contributed by atoms with van der Waals surface area (Å²) in [6, 6.07) is 11.6. The fourth-order valence-electron chi connectivity index (χ4n) is 2.55. The molecular weight excluding hydrogens is 354 g/mol. The second-order valence-corrected chi connectivity index (χ2v) is 7.67. The lowest BCUT2D eigenvalue weighted by Gasteiger charge is -2.18. The molecule has 0 aliphatic carbocycles. The van der Waals surface area contributed by atoms with Gasteiger partial charge in [0.15, 0.2) is 0 Å². The normalized spacial score (nSPS) is 11.4. The van der Waals surface area contributed by atoms with E-state index in [1.165, 1.54) is 24.3 Å². The van der Waals surface area contributed by atoms with Gasteiger partial charge in [-0.2, -0.15) is 0 Å². The maximum absolute atomic E-state index is 12.2. The smallest absolute Gasteiger partial charge is 0.238 e. The van der Waals surface area contributed by atoms with Crippen LogP contribution < -0.4 is 15.2 Å². The summed E-state index contributed by atoms with van der Waals surface area (Å²) in [7, 11) is -0.289. The summed E-state index contributed by atoms with van der Waals surface area (Å²) in [6.07, 6.45) is 0. The molecule has 3 N–H and O–H groups in total. The van der Waals surface area contributed by atoms with Crippen LogP contribution in [0.4, 0.5) is 5.69 Å². The number of likely N-dealkylation sites (N-methyl/N-ethyl adjacent to an activating group) is 1. The highest BCUT2D eigenvalue weighted by atomic mass is 32.2. The van der Waals surface area contributed by atoms with Crippen molar-refractivity contribution in [1.82, 2.24) is 4.90 Å². The average Bonchev–Trinajstić information content (AvgIpc) is 2.54. The minimum Gasteiger partial charge on any atom is -0.496 e. The van der Waals surface area contributed by atoms with Crippen molar-refractivity contribution in [3.05, 3.63) is 53.6 Å². The Balaban J connectivity index is 1.96. The Hall–Kier alpha value is -2.42. The molecule has 2 aromatic carbocycles. The van der Waals surface area contributed by atoms with Crippen LogP contribution in [0.25, 0.3) is 0 Å². The van der Waals surface area contributed by atoms with Gasteiger partial charge in [0.2, 0.25) is 15.9 Å². The molecule has 0 saturated heterocycles. The fraction of sp³-hybridized carbons (Fsp3) is 0.278. The number of nitrogens with one attached hydrogen (secondary N) is 1. The summed E-state index contributed by atoms with van der Waals surface area (Å²) in [5.74, 6) is 0.573. The number of sulfonamides is 1. The van der Waals surface area contributed by atoms with Crippen molar-refractivity contribution in [3.63, 3.8) is 0 Å². The van der Waals surface area contributed by atoms with Gasteiger partial charge in [0, 0.05) is 17.8 Å². The molecule has 140 valence electrons. The van der Waals surface area contributed by atoms with Gasteiger partial charge in [0.1, 0.15) is 5.75 Å². The van der Waals surface area contributed by atoms with Gasteiger partial charge in [0.05, 0.1) is 18.6 Å². The van der Waals surface area contributed by atoms with E-state index in [4.69, 9.17) is 9.88 Å². The minimum absolute atomic E-state index is 0.000778. The minimum atomic E-state index is -3.74. The molecule has 7 nitrogen and oxygen atoms in total. The van der Waals surface area contributed by atoms with Crippen LogP contribution >= 0.6 is 0 Å². The molecule has 2 rings (SSSR count). The zero-order valence-corrected chi connectivity index (χ0v) is 15.8. The molecule has 8 heteroatoms. The number of methoxy groups -OCH3 is 1. The highest BCUT2D eigenvalue weighted by Gasteiger charge is 2.12. The third-order valence-electron chi connectivity index (χ3n) is 3.76. The van der Waals surface area contributed by atoms with E-state index < -0.39 is 10.0 Å². The number of benzene rings is 2. The molecular formula is C18H23N3O4S. The fourth-order valence-corrected chi connectivity index (χ4v) is 3.07. The molecule has 0 spiro atoms. The number of aryl methyl sites for hydroxylation is 1. The number of hydrogen-bond acceptors (Lipinski definition) is 5. The maximum Gasteiger partial charge on any atom is 0.238 e. The van der Waals surface area contributed by atoms with Crippen molar-refractivity contribution in [2.45, 2.75) is 18.4 Å². The number of anilines is 1. The Morgan fingerprint density at radius 1 is 1.19 bits per heavy atom. The van der Waals surface area contributed by atoms with Crippen molar-refractivity contribution in [2.24, 2.45) is 5.14 Å². The number of nitrogens with two attached hydrogens (primary N) is 1. The SMILES string of the molecule is COc1ccc(C)cc1CN(C)CC(=O)Nc1ccc(S(N)(=O)=O)cc1. The highest BCUT2D eigenvalue weighted by molar-refractivity contribution is 7.89. The molecule has 0 saturated carbocycles. The lowest BCUT2D eigenvalue weighted by molar-refractivity contribution is -0.117. The van der Waals surface area contributed by atoms with Crippen molar-refractivity contribution >= 4 is 21.6 Å². The molecule has 0 aliphatic rings. The summed E-state index contributed by atoms with van der Waals surface area (Å²) in [4.78, 5) is 14.1. The number of carbonyl (C=O) groups excluding carboxylic acids is 1. The van der Waals surface area contributed by atoms with Gasteiger partial charge in [-0.1, -0.05) is 17.7 Å². The van der Waals surface area contributed by atoms with Crippen LogP contribution in [-0.2, 0) is 21.4 Å². The third-order valence-corrected chi connectivity index (χ3v) is 4.69. The number of carbonyl (C=O) groups is 1. The van der Waals surface area contributed by atoms with Gasteiger partial charge in [-0.15, -0.1) is 0 Å². The summed E-state index contributed by atoms with van der Waals surface area (Å²) in [5.41, 5.74) is 2.62. The average molecular weight is 377 g/mol. The first-order chi connectivity index (χ1) is 12.2. The quantitative estimate of drug-likeness (QED) is 0.765. The topological polar surface area (TPSA) is 102 Å². The van der Waals surface area contributed by atoms with E-state index in [9.17, 15) is 13.2 Å². The first kappa shape index (κ1) is 19.9. The highest BCUT2D eigenvalue weighted by Crippen LogP contribution is 2.21. The molecule has 0 bridgehead atoms. The van der Waals surface area contributed by atoms with Crippen molar-refractivity contribution < 1.29 is 17.9 Å². The molecule has 26 heavy (non-hydrogen) atoms. The Morgan fingerprint density at radius 2 is 1.85 bits per heavy atom. The Labute approximate surface area is 153 Å². The number of ether oxygens (including phenoxy) is 1. The zero-order chi connectivity index (χ0) is 19.3. The molecule has 0 heterocycles. The predicted molar refractivity (Wildman–Crippen MR) is 101 cm³/mol. The summed E-state index contributed by atoms with van der Waals surface area (Å²) < 4.78 is 27.8. The maximum atomic E-state index is 12.2. The van der Waals surface area contributed by atoms with Crippen molar-refractivity contribution in [2.75, 3.05) is 26.0 Å². The largest absolute Gasteiger partial charge is 0.496 e. The van der Waals surface area contributed by atoms with E-state index in [1.807, 2.05) is 37.1 Å². The summed E-state index contributed by atoms with van der Waals surface area (Å²) in [6.45, 7) is 2.73. The van der Waals surface area contributed by atoms with E-state index in [0.29, 0.717) is 12.2 Å².